The van der Waals surface area contributed by atoms with Crippen LogP contribution in [0.5, 0.6) is 0 Å². The molecule has 4 atom stereocenters. The van der Waals surface area contributed by atoms with Crippen LogP contribution in [0.1, 0.15) is 70.6 Å². The number of rotatable bonds is 11. The van der Waals surface area contributed by atoms with Crippen molar-refractivity contribution in [2.24, 2.45) is 11.8 Å². The quantitative estimate of drug-likeness (QED) is 0.542. The Hall–Kier alpha value is -0.260. The molecule has 1 saturated carbocycles. The normalized spacial score (nSPS) is 32.3. The minimum absolute atomic E-state index is 0.207. The van der Waals surface area contributed by atoms with Crippen LogP contribution >= 0.6 is 11.8 Å². The van der Waals surface area contributed by atoms with Gasteiger partial charge in [-0.25, -0.2) is 0 Å². The van der Waals surface area contributed by atoms with Crippen LogP contribution in [0.2, 0.25) is 0 Å². The highest BCUT2D eigenvalue weighted by Crippen LogP contribution is 2.47. The van der Waals surface area contributed by atoms with Crippen molar-refractivity contribution in [3.05, 3.63) is 0 Å². The zero-order valence-electron chi connectivity index (χ0n) is 15.4. The molecule has 3 rings (SSSR count). The van der Waals surface area contributed by atoms with Crippen molar-refractivity contribution in [1.82, 2.24) is 0 Å². The summed E-state index contributed by atoms with van der Waals surface area (Å²) < 4.78 is 11.9. The van der Waals surface area contributed by atoms with Crippen LogP contribution in [0.4, 0.5) is 0 Å². The summed E-state index contributed by atoms with van der Waals surface area (Å²) in [5.74, 6) is 1.93. The molecular formula is C20H34O4S. The van der Waals surface area contributed by atoms with E-state index in [-0.39, 0.29) is 6.42 Å². The number of thioether (sulfide) groups is 1. The largest absolute Gasteiger partial charge is 0.481 e. The summed E-state index contributed by atoms with van der Waals surface area (Å²) in [6, 6.07) is 0. The minimum Gasteiger partial charge on any atom is -0.481 e. The number of hydrogen-bond donors (Lipinski definition) is 1. The number of carboxylic acids is 1. The lowest BCUT2D eigenvalue weighted by molar-refractivity contribution is -0.137. The Balaban J connectivity index is 1.33. The number of ether oxygens (including phenoxy) is 2. The van der Waals surface area contributed by atoms with Crippen molar-refractivity contribution in [2.45, 2.75) is 88.1 Å². The SMILES string of the molecule is O=C(O)CCCOCC[C@@H]1[C@H](CCSC2CCCCC2)[C@@H]2CC[C@H]1O2. The van der Waals surface area contributed by atoms with Gasteiger partial charge in [0, 0.05) is 24.9 Å². The fraction of sp³-hybridized carbons (Fsp3) is 0.950. The summed E-state index contributed by atoms with van der Waals surface area (Å²) in [4.78, 5) is 10.5. The van der Waals surface area contributed by atoms with Gasteiger partial charge in [0.05, 0.1) is 12.2 Å². The molecule has 3 aliphatic rings. The van der Waals surface area contributed by atoms with Crippen LogP contribution in [0, 0.1) is 11.8 Å². The van der Waals surface area contributed by atoms with Gasteiger partial charge < -0.3 is 14.6 Å². The van der Waals surface area contributed by atoms with Crippen molar-refractivity contribution < 1.29 is 19.4 Å². The van der Waals surface area contributed by atoms with Crippen LogP contribution in [0.25, 0.3) is 0 Å². The monoisotopic (exact) mass is 370 g/mol. The van der Waals surface area contributed by atoms with Gasteiger partial charge in [0.15, 0.2) is 0 Å². The molecule has 5 heteroatoms. The molecule has 0 aromatic carbocycles. The highest BCUT2D eigenvalue weighted by Gasteiger charge is 2.47. The van der Waals surface area contributed by atoms with Gasteiger partial charge >= 0.3 is 5.97 Å². The predicted molar refractivity (Wildman–Crippen MR) is 101 cm³/mol. The highest BCUT2D eigenvalue weighted by atomic mass is 32.2. The topological polar surface area (TPSA) is 55.8 Å². The maximum absolute atomic E-state index is 10.5. The molecule has 0 aromatic rings. The third-order valence-corrected chi connectivity index (χ3v) is 7.64. The van der Waals surface area contributed by atoms with Gasteiger partial charge in [-0.15, -0.1) is 0 Å². The first-order chi connectivity index (χ1) is 12.2. The fourth-order valence-electron chi connectivity index (χ4n) is 4.92. The standard InChI is InChI=1S/C20H34O4S/c21-20(22)7-4-12-23-13-10-16-17(19-9-8-18(16)24-19)11-14-25-15-5-2-1-3-6-15/h15-19H,1-14H2,(H,21,22)/t16-,17+,18-,19+/m1/s1. The van der Waals surface area contributed by atoms with Crippen LogP contribution in [-0.4, -0.2) is 47.5 Å². The number of fused-ring (bicyclic) bond motifs is 2. The molecule has 1 N–H and O–H groups in total. The third-order valence-electron chi connectivity index (χ3n) is 6.22. The van der Waals surface area contributed by atoms with Gasteiger partial charge in [0.25, 0.3) is 0 Å². The Bertz CT molecular complexity index is 411. The van der Waals surface area contributed by atoms with E-state index in [0.717, 1.165) is 24.2 Å². The smallest absolute Gasteiger partial charge is 0.303 e. The molecule has 2 saturated heterocycles. The molecule has 4 nitrogen and oxygen atoms in total. The summed E-state index contributed by atoms with van der Waals surface area (Å²) >= 11 is 2.21. The lowest BCUT2D eigenvalue weighted by Crippen LogP contribution is -2.29. The molecule has 0 aromatic heterocycles. The molecule has 0 amide bonds. The molecule has 1 aliphatic carbocycles. The number of carbonyl (C=O) groups is 1. The highest BCUT2D eigenvalue weighted by molar-refractivity contribution is 7.99. The van der Waals surface area contributed by atoms with E-state index in [1.54, 1.807) is 0 Å². The average molecular weight is 371 g/mol. The van der Waals surface area contributed by atoms with Gasteiger partial charge in [-0.05, 0) is 62.5 Å². The van der Waals surface area contributed by atoms with Crippen molar-refractivity contribution in [2.75, 3.05) is 19.0 Å². The Labute approximate surface area is 156 Å². The first-order valence-electron chi connectivity index (χ1n) is 10.3. The lowest BCUT2D eigenvalue weighted by Gasteiger charge is -2.29. The van der Waals surface area contributed by atoms with E-state index >= 15 is 0 Å². The molecule has 25 heavy (non-hydrogen) atoms. The average Bonchev–Trinajstić information content (AvgIpc) is 3.21. The Morgan fingerprint density at radius 2 is 1.72 bits per heavy atom. The van der Waals surface area contributed by atoms with Gasteiger partial charge in [-0.2, -0.15) is 11.8 Å². The van der Waals surface area contributed by atoms with Crippen LogP contribution in [0.3, 0.4) is 0 Å². The molecule has 3 fully saturated rings. The second-order valence-electron chi connectivity index (χ2n) is 7.94. The summed E-state index contributed by atoms with van der Waals surface area (Å²) in [6.45, 7) is 1.32. The molecule has 0 spiro atoms. The minimum atomic E-state index is -0.736. The van der Waals surface area contributed by atoms with Crippen molar-refractivity contribution in [3.8, 4) is 0 Å². The second-order valence-corrected chi connectivity index (χ2v) is 9.34. The van der Waals surface area contributed by atoms with Crippen molar-refractivity contribution in [3.63, 3.8) is 0 Å². The van der Waals surface area contributed by atoms with Gasteiger partial charge in [0.2, 0.25) is 0 Å². The third kappa shape index (κ3) is 5.86. The molecule has 2 aliphatic heterocycles. The zero-order valence-corrected chi connectivity index (χ0v) is 16.2. The Morgan fingerprint density at radius 3 is 2.44 bits per heavy atom. The van der Waals surface area contributed by atoms with E-state index in [1.165, 1.54) is 57.1 Å². The van der Waals surface area contributed by atoms with Crippen LogP contribution in [0.15, 0.2) is 0 Å². The molecule has 0 radical (unpaired) electrons. The number of carboxylic acid groups (broad SMARTS) is 1. The van der Waals surface area contributed by atoms with E-state index in [2.05, 4.69) is 11.8 Å². The van der Waals surface area contributed by atoms with E-state index < -0.39 is 5.97 Å². The zero-order chi connectivity index (χ0) is 17.5. The summed E-state index contributed by atoms with van der Waals surface area (Å²) in [5.41, 5.74) is 0. The summed E-state index contributed by atoms with van der Waals surface area (Å²) in [6.07, 6.45) is 13.8. The second kappa shape index (κ2) is 10.2. The molecular weight excluding hydrogens is 336 g/mol. The Morgan fingerprint density at radius 1 is 1.00 bits per heavy atom. The van der Waals surface area contributed by atoms with Gasteiger partial charge in [0.1, 0.15) is 0 Å². The van der Waals surface area contributed by atoms with E-state index in [9.17, 15) is 4.79 Å². The van der Waals surface area contributed by atoms with Crippen LogP contribution in [-0.2, 0) is 14.3 Å². The van der Waals surface area contributed by atoms with E-state index in [4.69, 9.17) is 14.6 Å². The van der Waals surface area contributed by atoms with Crippen molar-refractivity contribution in [1.29, 1.82) is 0 Å². The maximum atomic E-state index is 10.5. The molecule has 2 heterocycles. The number of hydrogen-bond acceptors (Lipinski definition) is 4. The number of aliphatic carboxylic acids is 1. The lowest BCUT2D eigenvalue weighted by atomic mass is 9.76. The summed E-state index contributed by atoms with van der Waals surface area (Å²) in [7, 11) is 0. The van der Waals surface area contributed by atoms with Crippen LogP contribution < -0.4 is 0 Å². The molecule has 0 unspecified atom stereocenters. The maximum Gasteiger partial charge on any atom is 0.303 e. The molecule has 144 valence electrons. The predicted octanol–water partition coefficient (Wildman–Crippen LogP) is 4.51. The molecule has 2 bridgehead atoms. The first kappa shape index (κ1) is 19.5. The fourth-order valence-corrected chi connectivity index (χ4v) is 6.33. The van der Waals surface area contributed by atoms with Crippen molar-refractivity contribution >= 4 is 17.7 Å². The first-order valence-corrected chi connectivity index (χ1v) is 11.4. The summed E-state index contributed by atoms with van der Waals surface area (Å²) in [5, 5.41) is 9.56. The van der Waals surface area contributed by atoms with E-state index in [0.29, 0.717) is 31.2 Å². The van der Waals surface area contributed by atoms with E-state index in [1.807, 2.05) is 0 Å². The van der Waals surface area contributed by atoms with Gasteiger partial charge in [-0.1, -0.05) is 19.3 Å². The van der Waals surface area contributed by atoms with Gasteiger partial charge in [-0.3, -0.25) is 4.79 Å². The Kier molecular flexibility index (Phi) is 7.93.